The summed E-state index contributed by atoms with van der Waals surface area (Å²) in [5.41, 5.74) is 3.51. The van der Waals surface area contributed by atoms with Crippen molar-refractivity contribution in [3.05, 3.63) is 72.1 Å². The monoisotopic (exact) mass is 508 g/mol. The number of anilines is 2. The van der Waals surface area contributed by atoms with Crippen molar-refractivity contribution in [1.82, 2.24) is 4.98 Å². The van der Waals surface area contributed by atoms with Crippen LogP contribution in [0.25, 0.3) is 11.1 Å². The maximum absolute atomic E-state index is 14.1. The van der Waals surface area contributed by atoms with Gasteiger partial charge in [0.05, 0.1) is 18.7 Å². The van der Waals surface area contributed by atoms with Crippen molar-refractivity contribution < 1.29 is 23.1 Å². The second-order valence-electron chi connectivity index (χ2n) is 8.62. The summed E-state index contributed by atoms with van der Waals surface area (Å²) in [5.74, 6) is -3.54. The predicted molar refractivity (Wildman–Crippen MR) is 141 cm³/mol. The van der Waals surface area contributed by atoms with E-state index in [0.717, 1.165) is 21.7 Å². The second kappa shape index (κ2) is 11.7. The Kier molecular flexibility index (Phi) is 8.70. The number of carbonyl (C=O) groups is 2. The van der Waals surface area contributed by atoms with Gasteiger partial charge in [-0.05, 0) is 68.3 Å². The number of nitrogens with zero attached hydrogens (tertiary/aromatic N) is 3. The van der Waals surface area contributed by atoms with Gasteiger partial charge in [0, 0.05) is 41.3 Å². The highest BCUT2D eigenvalue weighted by Crippen LogP contribution is 2.35. The fraction of sp³-hybridized carbons (Fsp3) is 0.286. The average molecular weight is 509 g/mol. The number of rotatable bonds is 10. The first-order chi connectivity index (χ1) is 17.6. The normalized spacial score (nSPS) is 12.6. The van der Waals surface area contributed by atoms with Gasteiger partial charge in [0.25, 0.3) is 5.92 Å². The number of pyridine rings is 1. The number of hydrogen-bond donors (Lipinski definition) is 1. The van der Waals surface area contributed by atoms with Gasteiger partial charge in [-0.2, -0.15) is 5.10 Å². The molecule has 0 aliphatic rings. The molecule has 1 aromatic heterocycles. The summed E-state index contributed by atoms with van der Waals surface area (Å²) in [6, 6.07) is 12.7. The lowest BCUT2D eigenvalue weighted by Gasteiger charge is -2.19. The molecule has 1 N–H and O–H groups in total. The van der Waals surface area contributed by atoms with Crippen molar-refractivity contribution in [3.63, 3.8) is 0 Å². The highest BCUT2D eigenvalue weighted by atomic mass is 19.3. The number of nitrogens with one attached hydrogen (secondary N) is 1. The lowest BCUT2D eigenvalue weighted by molar-refractivity contribution is -0.117. The van der Waals surface area contributed by atoms with Gasteiger partial charge in [-0.3, -0.25) is 14.6 Å². The Bertz CT molecular complexity index is 1310. The molecule has 0 aliphatic carbocycles. The molecular weight excluding hydrogens is 478 g/mol. The van der Waals surface area contributed by atoms with Crippen molar-refractivity contribution in [3.8, 4) is 16.9 Å². The highest BCUT2D eigenvalue weighted by Gasteiger charge is 2.29. The molecule has 2 aromatic carbocycles. The average Bonchev–Trinajstić information content (AvgIpc) is 2.91. The molecule has 7 nitrogen and oxygen atoms in total. The maximum Gasteiger partial charge on any atom is 0.273 e. The van der Waals surface area contributed by atoms with Crippen LogP contribution < -0.4 is 15.1 Å². The van der Waals surface area contributed by atoms with Crippen LogP contribution in [-0.4, -0.2) is 30.1 Å². The van der Waals surface area contributed by atoms with Gasteiger partial charge in [-0.15, -0.1) is 0 Å². The fourth-order valence-electron chi connectivity index (χ4n) is 3.69. The molecule has 1 atom stereocenters. The van der Waals surface area contributed by atoms with Crippen LogP contribution in [0.15, 0.2) is 66.0 Å². The molecule has 37 heavy (non-hydrogen) atoms. The molecule has 194 valence electrons. The van der Waals surface area contributed by atoms with Crippen LogP contribution in [0, 0.1) is 12.8 Å². The van der Waals surface area contributed by atoms with Crippen LogP contribution in [-0.2, 0) is 15.5 Å². The van der Waals surface area contributed by atoms with Crippen LogP contribution in [0.4, 0.5) is 20.2 Å². The van der Waals surface area contributed by atoms with Crippen molar-refractivity contribution in [1.29, 1.82) is 0 Å². The largest absolute Gasteiger partial charge is 0.496 e. The van der Waals surface area contributed by atoms with E-state index in [1.54, 1.807) is 57.6 Å². The number of amides is 2. The highest BCUT2D eigenvalue weighted by molar-refractivity contribution is 6.08. The molecule has 1 unspecified atom stereocenters. The molecule has 3 rings (SSSR count). The van der Waals surface area contributed by atoms with E-state index in [4.69, 9.17) is 4.74 Å². The Balaban J connectivity index is 1.84. The number of ether oxygens (including phenoxy) is 1. The molecule has 0 spiro atoms. The Morgan fingerprint density at radius 3 is 2.62 bits per heavy atom. The minimum absolute atomic E-state index is 0.169. The topological polar surface area (TPSA) is 83.9 Å². The van der Waals surface area contributed by atoms with Crippen molar-refractivity contribution in [2.24, 2.45) is 11.0 Å². The Labute approximate surface area is 215 Å². The Hall–Kier alpha value is -4.14. The smallest absolute Gasteiger partial charge is 0.273 e. The maximum atomic E-state index is 14.1. The van der Waals surface area contributed by atoms with Gasteiger partial charge in [-0.25, -0.2) is 13.8 Å². The molecule has 0 aliphatic heterocycles. The minimum atomic E-state index is -2.99. The first-order valence-corrected chi connectivity index (χ1v) is 11.8. The third kappa shape index (κ3) is 6.35. The zero-order valence-corrected chi connectivity index (χ0v) is 21.5. The molecule has 0 saturated carbocycles. The first kappa shape index (κ1) is 27.4. The number of methoxy groups -OCH3 is 1. The van der Waals surface area contributed by atoms with Gasteiger partial charge in [-0.1, -0.05) is 19.1 Å². The zero-order valence-electron chi connectivity index (χ0n) is 21.5. The van der Waals surface area contributed by atoms with Gasteiger partial charge in [0.1, 0.15) is 5.75 Å². The number of carbonyl (C=O) groups excluding carboxylic acids is 2. The number of hydrazone groups is 1. The molecule has 0 radical (unpaired) electrons. The van der Waals surface area contributed by atoms with Gasteiger partial charge in [0.15, 0.2) is 0 Å². The SMILES string of the molecule is CCC(F)(F)c1cccc(NC(=O)C(C)/C(C)=N\N(C=O)c2ccc(OC)c(-c3ccncc3C)c2)c1. The third-order valence-electron chi connectivity index (χ3n) is 6.14. The first-order valence-electron chi connectivity index (χ1n) is 11.8. The van der Waals surface area contributed by atoms with Crippen LogP contribution in [0.2, 0.25) is 0 Å². The quantitative estimate of drug-likeness (QED) is 0.201. The number of halogens is 2. The van der Waals surface area contributed by atoms with Crippen molar-refractivity contribution >= 4 is 29.4 Å². The number of alkyl halides is 2. The molecule has 1 heterocycles. The van der Waals surface area contributed by atoms with E-state index >= 15 is 0 Å². The number of aromatic nitrogens is 1. The standard InChI is InChI=1S/C28H30F2N4O3/c1-6-28(29,30)21-8-7-9-22(14-21)32-27(36)19(3)20(4)33-34(17-35)23-10-11-26(37-5)25(15-23)24-12-13-31-16-18(24)2/h7-17,19H,6H2,1-5H3,(H,32,36)/b33-20-. The fourth-order valence-corrected chi connectivity index (χ4v) is 3.69. The molecule has 0 saturated heterocycles. The van der Waals surface area contributed by atoms with Gasteiger partial charge >= 0.3 is 0 Å². The third-order valence-corrected chi connectivity index (χ3v) is 6.14. The summed E-state index contributed by atoms with van der Waals surface area (Å²) in [6.07, 6.45) is 3.62. The van der Waals surface area contributed by atoms with E-state index in [9.17, 15) is 18.4 Å². The minimum Gasteiger partial charge on any atom is -0.496 e. The number of hydrogen-bond acceptors (Lipinski definition) is 5. The molecular formula is C28H30F2N4O3. The summed E-state index contributed by atoms with van der Waals surface area (Å²) in [7, 11) is 1.56. The summed E-state index contributed by atoms with van der Waals surface area (Å²) >= 11 is 0. The lowest BCUT2D eigenvalue weighted by Crippen LogP contribution is -2.28. The van der Waals surface area contributed by atoms with Crippen LogP contribution >= 0.6 is 0 Å². The second-order valence-corrected chi connectivity index (χ2v) is 8.62. The molecule has 9 heteroatoms. The number of aryl methyl sites for hydroxylation is 1. The lowest BCUT2D eigenvalue weighted by atomic mass is 10.0. The summed E-state index contributed by atoms with van der Waals surface area (Å²) in [5, 5.41) is 8.16. The van der Waals surface area contributed by atoms with Crippen molar-refractivity contribution in [2.75, 3.05) is 17.4 Å². The van der Waals surface area contributed by atoms with Crippen LogP contribution in [0.1, 0.15) is 38.3 Å². The zero-order chi connectivity index (χ0) is 27.2. The molecule has 3 aromatic rings. The van der Waals surface area contributed by atoms with E-state index in [1.807, 2.05) is 13.0 Å². The summed E-state index contributed by atoms with van der Waals surface area (Å²) in [4.78, 5) is 28.9. The van der Waals surface area contributed by atoms with Crippen molar-refractivity contribution in [2.45, 2.75) is 40.0 Å². The van der Waals surface area contributed by atoms with Gasteiger partial charge < -0.3 is 10.1 Å². The van der Waals surface area contributed by atoms with E-state index in [-0.39, 0.29) is 17.7 Å². The van der Waals surface area contributed by atoms with Crippen LogP contribution in [0.5, 0.6) is 5.75 Å². The number of benzene rings is 2. The van der Waals surface area contributed by atoms with Gasteiger partial charge in [0.2, 0.25) is 12.3 Å². The predicted octanol–water partition coefficient (Wildman–Crippen LogP) is 6.18. The van der Waals surface area contributed by atoms with E-state index in [0.29, 0.717) is 23.6 Å². The molecule has 0 bridgehead atoms. The van der Waals surface area contributed by atoms with Crippen LogP contribution in [0.3, 0.4) is 0 Å². The molecule has 2 amide bonds. The van der Waals surface area contributed by atoms with E-state index < -0.39 is 17.7 Å². The summed E-state index contributed by atoms with van der Waals surface area (Å²) < 4.78 is 33.6. The Morgan fingerprint density at radius 1 is 1.22 bits per heavy atom. The Morgan fingerprint density at radius 2 is 1.97 bits per heavy atom. The van der Waals surface area contributed by atoms with E-state index in [1.165, 1.54) is 25.1 Å². The molecule has 0 fully saturated rings. The summed E-state index contributed by atoms with van der Waals surface area (Å²) in [6.45, 7) is 6.57. The van der Waals surface area contributed by atoms with E-state index in [2.05, 4.69) is 15.4 Å².